The number of rotatable bonds is 30. The van der Waals surface area contributed by atoms with Gasteiger partial charge in [-0.3, -0.25) is 9.59 Å². The molecule has 0 saturated carbocycles. The number of aromatic nitrogens is 1. The first-order valence-corrected chi connectivity index (χ1v) is 17.6. The number of H-pyrrole nitrogens is 1. The number of unbranched alkanes of at least 4 members (excludes halogenated alkanes) is 22. The smallest absolute Gasteiger partial charge is 0.310 e. The monoisotopic (exact) mass is 575 g/mol. The van der Waals surface area contributed by atoms with Crippen LogP contribution in [0.4, 0.5) is 0 Å². The van der Waals surface area contributed by atoms with E-state index in [1.54, 1.807) is 12.4 Å². The van der Waals surface area contributed by atoms with Gasteiger partial charge in [-0.2, -0.15) is 0 Å². The second kappa shape index (κ2) is 28.3. The van der Waals surface area contributed by atoms with Crippen LogP contribution in [-0.4, -0.2) is 30.1 Å². The van der Waals surface area contributed by atoms with Crippen LogP contribution >= 0.6 is 0 Å². The lowest BCUT2D eigenvalue weighted by Crippen LogP contribution is -2.13. The summed E-state index contributed by atoms with van der Waals surface area (Å²) in [4.78, 5) is 27.6. The van der Waals surface area contributed by atoms with Gasteiger partial charge >= 0.3 is 11.9 Å². The Morgan fingerprint density at radius 3 is 1.02 bits per heavy atom. The van der Waals surface area contributed by atoms with Crippen molar-refractivity contribution in [1.29, 1.82) is 0 Å². The molecule has 0 bridgehead atoms. The van der Waals surface area contributed by atoms with Crippen molar-refractivity contribution in [3.05, 3.63) is 23.5 Å². The summed E-state index contributed by atoms with van der Waals surface area (Å²) in [6.07, 6.45) is 34.9. The maximum absolute atomic E-state index is 12.3. The summed E-state index contributed by atoms with van der Waals surface area (Å²) in [5.74, 6) is -0.447. The Bertz CT molecular complexity index is 670. The lowest BCUT2D eigenvalue weighted by molar-refractivity contribution is -0.144. The number of nitrogens with one attached hydrogen (secondary N) is 1. The Hall–Kier alpha value is -1.78. The van der Waals surface area contributed by atoms with Crippen molar-refractivity contribution < 1.29 is 19.1 Å². The van der Waals surface area contributed by atoms with Gasteiger partial charge in [-0.25, -0.2) is 0 Å². The minimum absolute atomic E-state index is 0.198. The first-order chi connectivity index (χ1) is 20.2. The molecular weight excluding hydrogens is 510 g/mol. The molecule has 0 aromatic carbocycles. The summed E-state index contributed by atoms with van der Waals surface area (Å²) < 4.78 is 10.9. The second-order valence-corrected chi connectivity index (χ2v) is 12.1. The summed E-state index contributed by atoms with van der Waals surface area (Å²) >= 11 is 0. The normalized spacial score (nSPS) is 11.2. The minimum Gasteiger partial charge on any atom is -0.465 e. The van der Waals surface area contributed by atoms with Crippen LogP contribution in [0.3, 0.4) is 0 Å². The zero-order valence-corrected chi connectivity index (χ0v) is 27.1. The fourth-order valence-corrected chi connectivity index (χ4v) is 5.43. The SMILES string of the molecule is CCCCCCCCCCCCCCOC(=O)Cc1c[nH]cc1CC(=O)OCCCCCCCCCCCCCC. The van der Waals surface area contributed by atoms with Gasteiger partial charge in [-0.05, 0) is 24.0 Å². The van der Waals surface area contributed by atoms with Crippen LogP contribution in [0.15, 0.2) is 12.4 Å². The highest BCUT2D eigenvalue weighted by molar-refractivity contribution is 5.76. The van der Waals surface area contributed by atoms with E-state index in [2.05, 4.69) is 18.8 Å². The molecule has 1 rings (SSSR count). The Balaban J connectivity index is 1.98. The van der Waals surface area contributed by atoms with Gasteiger partial charge in [0.1, 0.15) is 0 Å². The third kappa shape index (κ3) is 23.5. The van der Waals surface area contributed by atoms with Gasteiger partial charge in [0.15, 0.2) is 0 Å². The lowest BCUT2D eigenvalue weighted by Gasteiger charge is -2.07. The quantitative estimate of drug-likeness (QED) is 0.0731. The molecule has 0 amide bonds. The Labute approximate surface area is 253 Å². The van der Waals surface area contributed by atoms with Gasteiger partial charge in [0, 0.05) is 12.4 Å². The van der Waals surface area contributed by atoms with Crippen LogP contribution in [0.25, 0.3) is 0 Å². The summed E-state index contributed by atoms with van der Waals surface area (Å²) in [6.45, 7) is 5.50. The number of carbonyl (C=O) groups is 2. The number of aromatic amines is 1. The van der Waals surface area contributed by atoms with Crippen molar-refractivity contribution in [3.63, 3.8) is 0 Å². The molecule has 41 heavy (non-hydrogen) atoms. The highest BCUT2D eigenvalue weighted by Gasteiger charge is 2.14. The minimum atomic E-state index is -0.223. The fourth-order valence-electron chi connectivity index (χ4n) is 5.43. The topological polar surface area (TPSA) is 68.4 Å². The van der Waals surface area contributed by atoms with Crippen molar-refractivity contribution in [2.75, 3.05) is 13.2 Å². The molecular formula is C36H65NO4. The average molecular weight is 576 g/mol. The van der Waals surface area contributed by atoms with E-state index in [0.717, 1.165) is 36.8 Å². The first-order valence-electron chi connectivity index (χ1n) is 17.6. The van der Waals surface area contributed by atoms with Crippen LogP contribution < -0.4 is 0 Å². The highest BCUT2D eigenvalue weighted by Crippen LogP contribution is 2.15. The number of ether oxygens (including phenoxy) is 2. The molecule has 0 saturated heterocycles. The summed E-state index contributed by atoms with van der Waals surface area (Å²) in [6, 6.07) is 0. The summed E-state index contributed by atoms with van der Waals surface area (Å²) in [5.41, 5.74) is 1.65. The molecule has 0 aliphatic heterocycles. The van der Waals surface area contributed by atoms with Crippen LogP contribution in [0.5, 0.6) is 0 Å². The first kappa shape index (κ1) is 37.2. The van der Waals surface area contributed by atoms with Crippen molar-refractivity contribution in [2.24, 2.45) is 0 Å². The number of hydrogen-bond acceptors (Lipinski definition) is 4. The molecule has 1 heterocycles. The molecule has 5 heteroatoms. The Morgan fingerprint density at radius 2 is 0.732 bits per heavy atom. The van der Waals surface area contributed by atoms with E-state index < -0.39 is 0 Å². The Morgan fingerprint density at radius 1 is 0.463 bits per heavy atom. The van der Waals surface area contributed by atoms with E-state index in [1.165, 1.54) is 128 Å². The molecule has 0 atom stereocenters. The molecule has 0 aliphatic rings. The summed E-state index contributed by atoms with van der Waals surface area (Å²) in [5, 5.41) is 0. The largest absolute Gasteiger partial charge is 0.465 e. The molecule has 1 N–H and O–H groups in total. The van der Waals surface area contributed by atoms with E-state index in [0.29, 0.717) is 13.2 Å². The lowest BCUT2D eigenvalue weighted by atomic mass is 10.1. The number of esters is 2. The van der Waals surface area contributed by atoms with Crippen molar-refractivity contribution in [1.82, 2.24) is 4.98 Å². The predicted molar refractivity (Wildman–Crippen MR) is 172 cm³/mol. The molecule has 5 nitrogen and oxygen atoms in total. The average Bonchev–Trinajstić information content (AvgIpc) is 3.39. The van der Waals surface area contributed by atoms with Crippen molar-refractivity contribution >= 4 is 11.9 Å². The van der Waals surface area contributed by atoms with E-state index in [-0.39, 0.29) is 24.8 Å². The molecule has 0 spiro atoms. The van der Waals surface area contributed by atoms with Gasteiger partial charge in [0.2, 0.25) is 0 Å². The van der Waals surface area contributed by atoms with Crippen LogP contribution in [0.2, 0.25) is 0 Å². The maximum Gasteiger partial charge on any atom is 0.310 e. The van der Waals surface area contributed by atoms with Crippen LogP contribution in [-0.2, 0) is 31.9 Å². The van der Waals surface area contributed by atoms with E-state index in [4.69, 9.17) is 9.47 Å². The highest BCUT2D eigenvalue weighted by atomic mass is 16.5. The third-order valence-corrected chi connectivity index (χ3v) is 8.12. The maximum atomic E-state index is 12.3. The van der Waals surface area contributed by atoms with Crippen molar-refractivity contribution in [3.8, 4) is 0 Å². The second-order valence-electron chi connectivity index (χ2n) is 12.1. The van der Waals surface area contributed by atoms with E-state index in [1.807, 2.05) is 0 Å². The van der Waals surface area contributed by atoms with Gasteiger partial charge in [-0.15, -0.1) is 0 Å². The molecule has 0 radical (unpaired) electrons. The zero-order valence-electron chi connectivity index (χ0n) is 27.1. The molecule has 1 aromatic rings. The van der Waals surface area contributed by atoms with Crippen LogP contribution in [0.1, 0.15) is 179 Å². The number of hydrogen-bond donors (Lipinski definition) is 1. The standard InChI is InChI=1S/C36H65NO4/c1-3-5-7-9-11-13-15-17-19-21-23-25-27-40-35(38)29-33-31-37-32-34(33)30-36(39)41-28-26-24-22-20-18-16-14-12-10-8-6-4-2/h31-32,37H,3-30H2,1-2H3. The number of carbonyl (C=O) groups excluding carboxylic acids is 2. The van der Waals surface area contributed by atoms with Crippen molar-refractivity contribution in [2.45, 2.75) is 181 Å². The fraction of sp³-hybridized carbons (Fsp3) is 0.833. The molecule has 0 aliphatic carbocycles. The molecule has 0 unspecified atom stereocenters. The van der Waals surface area contributed by atoms with E-state index in [9.17, 15) is 9.59 Å². The third-order valence-electron chi connectivity index (χ3n) is 8.12. The van der Waals surface area contributed by atoms with E-state index >= 15 is 0 Å². The molecule has 0 fully saturated rings. The predicted octanol–water partition coefficient (Wildman–Crippen LogP) is 10.6. The zero-order chi connectivity index (χ0) is 29.6. The summed E-state index contributed by atoms with van der Waals surface area (Å²) in [7, 11) is 0. The van der Waals surface area contributed by atoms with Gasteiger partial charge in [0.05, 0.1) is 26.1 Å². The van der Waals surface area contributed by atoms with Gasteiger partial charge in [-0.1, -0.05) is 155 Å². The van der Waals surface area contributed by atoms with Gasteiger partial charge in [0.25, 0.3) is 0 Å². The Kier molecular flexibility index (Phi) is 25.7. The van der Waals surface area contributed by atoms with Crippen LogP contribution in [0, 0.1) is 0 Å². The molecule has 1 aromatic heterocycles. The molecule has 238 valence electrons. The van der Waals surface area contributed by atoms with Gasteiger partial charge < -0.3 is 14.5 Å².